The molecule has 156 valence electrons. The molecule has 2 aromatic rings. The maximum absolute atomic E-state index is 13.1. The lowest BCUT2D eigenvalue weighted by Crippen LogP contribution is -2.36. The van der Waals surface area contributed by atoms with Gasteiger partial charge in [-0.3, -0.25) is 9.59 Å². The average molecular weight is 407 g/mol. The smallest absolute Gasteiger partial charge is 0.295 e. The van der Waals surface area contributed by atoms with Gasteiger partial charge in [0.25, 0.3) is 11.7 Å². The molecule has 6 heteroatoms. The third kappa shape index (κ3) is 3.59. The predicted octanol–water partition coefficient (Wildman–Crippen LogP) is 3.60. The molecule has 0 aromatic heterocycles. The monoisotopic (exact) mass is 407 g/mol. The fourth-order valence-corrected chi connectivity index (χ4v) is 4.16. The number of hydrogen-bond donors (Lipinski definition) is 1. The summed E-state index contributed by atoms with van der Waals surface area (Å²) in [6, 6.07) is 13.7. The first-order valence-electron chi connectivity index (χ1n) is 10.1. The number of amides is 1. The van der Waals surface area contributed by atoms with Crippen LogP contribution in [0.15, 0.2) is 54.1 Å². The van der Waals surface area contributed by atoms with Crippen LogP contribution in [-0.4, -0.2) is 48.1 Å². The van der Waals surface area contributed by atoms with Gasteiger partial charge in [0.2, 0.25) is 0 Å². The molecule has 2 fully saturated rings. The Kier molecular flexibility index (Phi) is 5.59. The first-order chi connectivity index (χ1) is 14.5. The summed E-state index contributed by atoms with van der Waals surface area (Å²) in [5.74, 6) is -0.951. The van der Waals surface area contributed by atoms with Crippen molar-refractivity contribution in [2.24, 2.45) is 0 Å². The standard InChI is InChI=1S/C24H25NO5/c1-15-9-11-16(12-10-15)22(26)20-21(18-7-3-4-8-19(18)29-2)25(24(28)23(20)27)14-17-6-5-13-30-17/h3-4,7-12,17,21,26H,5-6,13-14H2,1-2H3. The van der Waals surface area contributed by atoms with Crippen molar-refractivity contribution in [1.29, 1.82) is 0 Å². The Hall–Kier alpha value is -3.12. The van der Waals surface area contributed by atoms with Crippen LogP contribution in [0.3, 0.4) is 0 Å². The maximum atomic E-state index is 13.1. The highest BCUT2D eigenvalue weighted by Crippen LogP contribution is 2.43. The molecule has 4 rings (SSSR count). The fraction of sp³-hybridized carbons (Fsp3) is 0.333. The second-order valence-corrected chi connectivity index (χ2v) is 7.69. The summed E-state index contributed by atoms with van der Waals surface area (Å²) in [5, 5.41) is 11.1. The topological polar surface area (TPSA) is 76.1 Å². The third-order valence-electron chi connectivity index (χ3n) is 5.72. The minimum atomic E-state index is -0.744. The van der Waals surface area contributed by atoms with E-state index in [1.807, 2.05) is 37.3 Å². The number of ketones is 1. The summed E-state index contributed by atoms with van der Waals surface area (Å²) in [6.45, 7) is 2.88. The Bertz CT molecular complexity index is 989. The summed E-state index contributed by atoms with van der Waals surface area (Å²) in [7, 11) is 1.55. The highest BCUT2D eigenvalue weighted by molar-refractivity contribution is 6.46. The SMILES string of the molecule is COc1ccccc1C1C(=C(O)c2ccc(C)cc2)C(=O)C(=O)N1CC1CCCO1. The van der Waals surface area contributed by atoms with Crippen LogP contribution in [-0.2, 0) is 14.3 Å². The number of carbonyl (C=O) groups is 2. The fourth-order valence-electron chi connectivity index (χ4n) is 4.16. The number of para-hydroxylation sites is 1. The lowest BCUT2D eigenvalue weighted by Gasteiger charge is -2.28. The van der Waals surface area contributed by atoms with Gasteiger partial charge < -0.3 is 19.5 Å². The van der Waals surface area contributed by atoms with Gasteiger partial charge in [-0.05, 0) is 25.8 Å². The minimum Gasteiger partial charge on any atom is -0.507 e. The number of Topliss-reactive ketones (excluding diaryl/α,β-unsaturated/α-hetero) is 1. The van der Waals surface area contributed by atoms with Crippen LogP contribution < -0.4 is 4.74 Å². The molecule has 1 amide bonds. The van der Waals surface area contributed by atoms with Crippen LogP contribution in [0.1, 0.15) is 35.6 Å². The van der Waals surface area contributed by atoms with Gasteiger partial charge in [-0.2, -0.15) is 0 Å². The van der Waals surface area contributed by atoms with Crippen LogP contribution in [0.2, 0.25) is 0 Å². The molecule has 6 nitrogen and oxygen atoms in total. The third-order valence-corrected chi connectivity index (χ3v) is 5.72. The van der Waals surface area contributed by atoms with Gasteiger partial charge in [0.05, 0.1) is 24.8 Å². The van der Waals surface area contributed by atoms with Crippen molar-refractivity contribution in [3.63, 3.8) is 0 Å². The number of hydrogen-bond acceptors (Lipinski definition) is 5. The van der Waals surface area contributed by atoms with E-state index in [1.165, 1.54) is 4.90 Å². The van der Waals surface area contributed by atoms with Gasteiger partial charge >= 0.3 is 0 Å². The quantitative estimate of drug-likeness (QED) is 0.466. The molecule has 2 unspecified atom stereocenters. The zero-order valence-electron chi connectivity index (χ0n) is 17.1. The van der Waals surface area contributed by atoms with E-state index >= 15 is 0 Å². The number of carbonyl (C=O) groups excluding carboxylic acids is 2. The first kappa shape index (κ1) is 20.2. The number of methoxy groups -OCH3 is 1. The number of rotatable bonds is 5. The Morgan fingerprint density at radius 2 is 1.90 bits per heavy atom. The van der Waals surface area contributed by atoms with E-state index in [0.717, 1.165) is 18.4 Å². The molecule has 2 aliphatic rings. The molecule has 0 aliphatic carbocycles. The van der Waals surface area contributed by atoms with E-state index in [1.54, 1.807) is 25.3 Å². The second-order valence-electron chi connectivity index (χ2n) is 7.69. The van der Waals surface area contributed by atoms with E-state index in [0.29, 0.717) is 23.5 Å². The van der Waals surface area contributed by atoms with Crippen molar-refractivity contribution in [2.45, 2.75) is 31.9 Å². The van der Waals surface area contributed by atoms with Gasteiger partial charge in [0.15, 0.2) is 0 Å². The Labute approximate surface area is 175 Å². The zero-order chi connectivity index (χ0) is 21.3. The van der Waals surface area contributed by atoms with E-state index in [9.17, 15) is 14.7 Å². The lowest BCUT2D eigenvalue weighted by atomic mass is 9.94. The van der Waals surface area contributed by atoms with E-state index in [-0.39, 0.29) is 24.0 Å². The molecule has 2 saturated heterocycles. The van der Waals surface area contributed by atoms with Crippen molar-refractivity contribution in [2.75, 3.05) is 20.3 Å². The predicted molar refractivity (Wildman–Crippen MR) is 112 cm³/mol. The molecule has 0 spiro atoms. The van der Waals surface area contributed by atoms with Crippen LogP contribution in [0.25, 0.3) is 5.76 Å². The van der Waals surface area contributed by atoms with Crippen molar-refractivity contribution in [1.82, 2.24) is 4.90 Å². The van der Waals surface area contributed by atoms with E-state index in [4.69, 9.17) is 9.47 Å². The minimum absolute atomic E-state index is 0.0753. The Morgan fingerprint density at radius 1 is 1.17 bits per heavy atom. The molecule has 0 saturated carbocycles. The van der Waals surface area contributed by atoms with Gasteiger partial charge in [-0.1, -0.05) is 48.0 Å². The molecule has 2 aromatic carbocycles. The Balaban J connectivity index is 1.86. The number of aliphatic hydroxyl groups is 1. The largest absolute Gasteiger partial charge is 0.507 e. The van der Waals surface area contributed by atoms with Crippen molar-refractivity contribution in [3.8, 4) is 5.75 Å². The normalized spacial score (nSPS) is 23.2. The first-order valence-corrected chi connectivity index (χ1v) is 10.1. The molecule has 2 aliphatic heterocycles. The van der Waals surface area contributed by atoms with Gasteiger partial charge in [0, 0.05) is 24.3 Å². The number of ether oxygens (including phenoxy) is 2. The van der Waals surface area contributed by atoms with Gasteiger partial charge in [-0.15, -0.1) is 0 Å². The van der Waals surface area contributed by atoms with Crippen LogP contribution >= 0.6 is 0 Å². The number of likely N-dealkylation sites (tertiary alicyclic amines) is 1. The van der Waals surface area contributed by atoms with Gasteiger partial charge in [-0.25, -0.2) is 0 Å². The summed E-state index contributed by atoms with van der Waals surface area (Å²) in [4.78, 5) is 27.6. The number of aliphatic hydroxyl groups excluding tert-OH is 1. The molecular formula is C24H25NO5. The summed E-state index contributed by atoms with van der Waals surface area (Å²) < 4.78 is 11.2. The molecule has 2 atom stereocenters. The molecule has 0 bridgehead atoms. The van der Waals surface area contributed by atoms with Crippen LogP contribution in [0.5, 0.6) is 5.75 Å². The molecule has 1 N–H and O–H groups in total. The van der Waals surface area contributed by atoms with Crippen LogP contribution in [0.4, 0.5) is 0 Å². The van der Waals surface area contributed by atoms with E-state index < -0.39 is 17.7 Å². The maximum Gasteiger partial charge on any atom is 0.295 e. The van der Waals surface area contributed by atoms with Gasteiger partial charge in [0.1, 0.15) is 11.5 Å². The zero-order valence-corrected chi connectivity index (χ0v) is 17.1. The number of aryl methyl sites for hydroxylation is 1. The summed E-state index contributed by atoms with van der Waals surface area (Å²) in [6.07, 6.45) is 1.64. The second kappa shape index (κ2) is 8.32. The highest BCUT2D eigenvalue weighted by atomic mass is 16.5. The Morgan fingerprint density at radius 3 is 2.57 bits per heavy atom. The van der Waals surface area contributed by atoms with E-state index in [2.05, 4.69) is 0 Å². The van der Waals surface area contributed by atoms with Crippen molar-refractivity contribution in [3.05, 3.63) is 70.8 Å². The molecule has 0 radical (unpaired) electrons. The number of benzene rings is 2. The molecular weight excluding hydrogens is 382 g/mol. The van der Waals surface area contributed by atoms with Crippen molar-refractivity contribution >= 4 is 17.4 Å². The molecule has 30 heavy (non-hydrogen) atoms. The molecule has 2 heterocycles. The number of nitrogens with zero attached hydrogens (tertiary/aromatic N) is 1. The highest BCUT2D eigenvalue weighted by Gasteiger charge is 2.47. The van der Waals surface area contributed by atoms with Crippen LogP contribution in [0, 0.1) is 6.92 Å². The lowest BCUT2D eigenvalue weighted by molar-refractivity contribution is -0.140. The summed E-state index contributed by atoms with van der Waals surface area (Å²) in [5.41, 5.74) is 2.26. The summed E-state index contributed by atoms with van der Waals surface area (Å²) >= 11 is 0. The van der Waals surface area contributed by atoms with Crippen molar-refractivity contribution < 1.29 is 24.2 Å². The average Bonchev–Trinajstić information content (AvgIpc) is 3.36.